The molecule has 34 heavy (non-hydrogen) atoms. The van der Waals surface area contributed by atoms with Gasteiger partial charge in [0.25, 0.3) is 5.91 Å². The Hall–Kier alpha value is -3.13. The molecule has 0 aliphatic heterocycles. The van der Waals surface area contributed by atoms with Crippen molar-refractivity contribution in [2.45, 2.75) is 13.5 Å². The monoisotopic (exact) mass is 495 g/mol. The third-order valence-electron chi connectivity index (χ3n) is 5.57. The van der Waals surface area contributed by atoms with Gasteiger partial charge in [0.15, 0.2) is 0 Å². The molecule has 1 N–H and O–H groups in total. The molecule has 0 radical (unpaired) electrons. The highest BCUT2D eigenvalue weighted by Gasteiger charge is 2.21. The summed E-state index contributed by atoms with van der Waals surface area (Å²) in [5.74, 6) is 0.668. The fourth-order valence-electron chi connectivity index (χ4n) is 3.72. The molecule has 0 unspecified atom stereocenters. The first-order valence-corrected chi connectivity index (χ1v) is 12.1. The van der Waals surface area contributed by atoms with Crippen LogP contribution in [0.5, 0.6) is 5.75 Å². The maximum absolute atomic E-state index is 12.9. The van der Waals surface area contributed by atoms with E-state index >= 15 is 0 Å². The van der Waals surface area contributed by atoms with Crippen molar-refractivity contribution in [3.8, 4) is 27.7 Å². The van der Waals surface area contributed by atoms with Crippen molar-refractivity contribution in [3.05, 3.63) is 81.8 Å². The van der Waals surface area contributed by atoms with Gasteiger partial charge < -0.3 is 19.4 Å². The van der Waals surface area contributed by atoms with Crippen LogP contribution in [-0.2, 0) is 11.3 Å². The van der Waals surface area contributed by atoms with Gasteiger partial charge in [-0.05, 0) is 36.8 Å². The number of nitrogens with one attached hydrogen (secondary N) is 1. The van der Waals surface area contributed by atoms with Crippen molar-refractivity contribution in [3.63, 3.8) is 0 Å². The van der Waals surface area contributed by atoms with E-state index in [4.69, 9.17) is 26.1 Å². The highest BCUT2D eigenvalue weighted by molar-refractivity contribution is 7.13. The Kier molecular flexibility index (Phi) is 7.67. The van der Waals surface area contributed by atoms with Crippen LogP contribution in [0.15, 0.2) is 60.0 Å². The third kappa shape index (κ3) is 5.17. The summed E-state index contributed by atoms with van der Waals surface area (Å²) in [4.78, 5) is 17.8. The molecule has 176 valence electrons. The zero-order valence-electron chi connectivity index (χ0n) is 19.3. The standard InChI is InChI=1S/C26H26ClN3O3S/c1-17-21(25(31)28-12-13-32-2)14-24(30(17)15-18-8-10-19(33-3)11-9-18)23-16-34-26(29-23)20-6-4-5-7-22(20)27/h4-11,14,16H,12-13,15H2,1-3H3,(H,28,31). The summed E-state index contributed by atoms with van der Waals surface area (Å²) in [6, 6.07) is 17.5. The molecule has 0 aliphatic carbocycles. The quantitative estimate of drug-likeness (QED) is 0.304. The Morgan fingerprint density at radius 1 is 1.15 bits per heavy atom. The number of amides is 1. The van der Waals surface area contributed by atoms with E-state index < -0.39 is 0 Å². The van der Waals surface area contributed by atoms with Crippen LogP contribution < -0.4 is 10.1 Å². The highest BCUT2D eigenvalue weighted by atomic mass is 35.5. The van der Waals surface area contributed by atoms with E-state index in [2.05, 4.69) is 9.88 Å². The number of halogens is 1. The number of carbonyl (C=O) groups is 1. The molecule has 2 aromatic carbocycles. The van der Waals surface area contributed by atoms with Crippen LogP contribution in [0.25, 0.3) is 22.0 Å². The number of benzene rings is 2. The lowest BCUT2D eigenvalue weighted by Gasteiger charge is -2.12. The van der Waals surface area contributed by atoms with E-state index in [1.165, 1.54) is 11.3 Å². The second-order valence-electron chi connectivity index (χ2n) is 7.73. The van der Waals surface area contributed by atoms with Gasteiger partial charge in [-0.15, -0.1) is 11.3 Å². The number of carbonyl (C=O) groups excluding carboxylic acids is 1. The van der Waals surface area contributed by atoms with E-state index in [9.17, 15) is 4.79 Å². The molecular weight excluding hydrogens is 470 g/mol. The van der Waals surface area contributed by atoms with Crippen molar-refractivity contribution in [2.24, 2.45) is 0 Å². The summed E-state index contributed by atoms with van der Waals surface area (Å²) in [5, 5.41) is 6.42. The Labute approximate surface area is 208 Å². The van der Waals surface area contributed by atoms with Crippen LogP contribution >= 0.6 is 22.9 Å². The molecule has 2 aromatic heterocycles. The van der Waals surface area contributed by atoms with Crippen LogP contribution in [0.3, 0.4) is 0 Å². The molecule has 0 spiro atoms. The fourth-order valence-corrected chi connectivity index (χ4v) is 4.85. The fraction of sp³-hybridized carbons (Fsp3) is 0.231. The number of aromatic nitrogens is 2. The predicted octanol–water partition coefficient (Wildman–Crippen LogP) is 5.67. The number of nitrogens with zero attached hydrogens (tertiary/aromatic N) is 2. The molecule has 6 nitrogen and oxygen atoms in total. The maximum Gasteiger partial charge on any atom is 0.253 e. The molecule has 0 atom stereocenters. The van der Waals surface area contributed by atoms with Crippen molar-refractivity contribution < 1.29 is 14.3 Å². The van der Waals surface area contributed by atoms with Crippen LogP contribution in [0.1, 0.15) is 21.6 Å². The summed E-state index contributed by atoms with van der Waals surface area (Å²) < 4.78 is 12.5. The molecule has 0 bridgehead atoms. The topological polar surface area (TPSA) is 65.4 Å². The molecular formula is C26H26ClN3O3S. The van der Waals surface area contributed by atoms with Crippen LogP contribution in [0.2, 0.25) is 5.02 Å². The van der Waals surface area contributed by atoms with E-state index in [1.54, 1.807) is 14.2 Å². The van der Waals surface area contributed by atoms with Crippen molar-refractivity contribution in [1.82, 2.24) is 14.9 Å². The Morgan fingerprint density at radius 3 is 2.62 bits per heavy atom. The lowest BCUT2D eigenvalue weighted by atomic mass is 10.2. The summed E-state index contributed by atoms with van der Waals surface area (Å²) >= 11 is 7.93. The largest absolute Gasteiger partial charge is 0.497 e. The molecule has 0 fully saturated rings. The number of hydrogen-bond donors (Lipinski definition) is 1. The van der Waals surface area contributed by atoms with E-state index in [-0.39, 0.29) is 5.91 Å². The lowest BCUT2D eigenvalue weighted by molar-refractivity contribution is 0.0936. The first-order valence-electron chi connectivity index (χ1n) is 10.8. The molecule has 2 heterocycles. The molecule has 0 saturated carbocycles. The second-order valence-corrected chi connectivity index (χ2v) is 8.99. The Morgan fingerprint density at radius 2 is 1.91 bits per heavy atom. The molecule has 4 rings (SSSR count). The zero-order valence-corrected chi connectivity index (χ0v) is 20.9. The number of rotatable bonds is 9. The normalized spacial score (nSPS) is 10.9. The van der Waals surface area contributed by atoms with Gasteiger partial charge in [-0.25, -0.2) is 4.98 Å². The van der Waals surface area contributed by atoms with Gasteiger partial charge in [0.2, 0.25) is 0 Å². The second kappa shape index (κ2) is 10.9. The van der Waals surface area contributed by atoms with Crippen molar-refractivity contribution >= 4 is 28.8 Å². The number of hydrogen-bond acceptors (Lipinski definition) is 5. The predicted molar refractivity (Wildman–Crippen MR) is 137 cm³/mol. The van der Waals surface area contributed by atoms with Crippen LogP contribution in [0.4, 0.5) is 0 Å². The van der Waals surface area contributed by atoms with E-state index in [0.717, 1.165) is 39.0 Å². The first-order chi connectivity index (χ1) is 16.5. The molecule has 0 saturated heterocycles. The van der Waals surface area contributed by atoms with Crippen molar-refractivity contribution in [1.29, 1.82) is 0 Å². The van der Waals surface area contributed by atoms with E-state index in [0.29, 0.717) is 30.3 Å². The van der Waals surface area contributed by atoms with Gasteiger partial charge in [-0.3, -0.25) is 4.79 Å². The maximum atomic E-state index is 12.9. The molecule has 8 heteroatoms. The third-order valence-corrected chi connectivity index (χ3v) is 6.78. The van der Waals surface area contributed by atoms with Gasteiger partial charge in [0.05, 0.1) is 35.7 Å². The highest BCUT2D eigenvalue weighted by Crippen LogP contribution is 2.34. The van der Waals surface area contributed by atoms with Gasteiger partial charge in [-0.2, -0.15) is 0 Å². The number of thiazole rings is 1. The summed E-state index contributed by atoms with van der Waals surface area (Å²) in [7, 11) is 3.26. The Balaban J connectivity index is 1.73. The van der Waals surface area contributed by atoms with E-state index in [1.807, 2.05) is 66.9 Å². The SMILES string of the molecule is COCCNC(=O)c1cc(-c2csc(-c3ccccc3Cl)n2)n(Cc2ccc(OC)cc2)c1C. The summed E-state index contributed by atoms with van der Waals surface area (Å²) in [6.45, 7) is 3.45. The summed E-state index contributed by atoms with van der Waals surface area (Å²) in [5.41, 5.74) is 5.14. The van der Waals surface area contributed by atoms with Crippen LogP contribution in [-0.4, -0.2) is 42.8 Å². The van der Waals surface area contributed by atoms with Gasteiger partial charge in [0.1, 0.15) is 10.8 Å². The first kappa shape index (κ1) is 24.0. The summed E-state index contributed by atoms with van der Waals surface area (Å²) in [6.07, 6.45) is 0. The molecule has 4 aromatic rings. The minimum absolute atomic E-state index is 0.133. The minimum Gasteiger partial charge on any atom is -0.497 e. The lowest BCUT2D eigenvalue weighted by Crippen LogP contribution is -2.27. The van der Waals surface area contributed by atoms with Gasteiger partial charge in [0, 0.05) is 36.8 Å². The average molecular weight is 496 g/mol. The number of methoxy groups -OCH3 is 2. The minimum atomic E-state index is -0.133. The van der Waals surface area contributed by atoms with Crippen LogP contribution in [0, 0.1) is 6.92 Å². The molecule has 1 amide bonds. The zero-order chi connectivity index (χ0) is 24.1. The molecule has 0 aliphatic rings. The van der Waals surface area contributed by atoms with Gasteiger partial charge in [-0.1, -0.05) is 41.9 Å². The average Bonchev–Trinajstić information content (AvgIpc) is 3.45. The van der Waals surface area contributed by atoms with Crippen molar-refractivity contribution in [2.75, 3.05) is 27.4 Å². The Bertz CT molecular complexity index is 1280. The number of ether oxygens (including phenoxy) is 2. The van der Waals surface area contributed by atoms with Gasteiger partial charge >= 0.3 is 0 Å². The smallest absolute Gasteiger partial charge is 0.253 e.